The lowest BCUT2D eigenvalue weighted by Crippen LogP contribution is -2.42. The normalized spacial score (nSPS) is 17.5. The monoisotopic (exact) mass is 320 g/mol. The predicted molar refractivity (Wildman–Crippen MR) is 95.9 cm³/mol. The SMILES string of the molecule is CN=C(NCCCn1nc(C)cc1C)NCC1CCN(C)CC1. The second-order valence-corrected chi connectivity index (χ2v) is 6.63. The van der Waals surface area contributed by atoms with Gasteiger partial charge >= 0.3 is 0 Å². The maximum atomic E-state index is 4.49. The van der Waals surface area contributed by atoms with Gasteiger partial charge in [-0.2, -0.15) is 5.10 Å². The van der Waals surface area contributed by atoms with Crippen LogP contribution in [0.15, 0.2) is 11.1 Å². The standard InChI is InChI=1S/C17H32N6/c1-14-12-15(2)23(21-14)9-5-8-19-17(18-3)20-13-16-6-10-22(4)11-7-16/h12,16H,5-11,13H2,1-4H3,(H2,18,19,20). The van der Waals surface area contributed by atoms with Gasteiger partial charge in [0, 0.05) is 32.4 Å². The van der Waals surface area contributed by atoms with Gasteiger partial charge in [-0.25, -0.2) is 0 Å². The fourth-order valence-electron chi connectivity index (χ4n) is 3.06. The number of aromatic nitrogens is 2. The molecule has 0 radical (unpaired) electrons. The molecule has 0 saturated carbocycles. The van der Waals surface area contributed by atoms with Gasteiger partial charge in [0.05, 0.1) is 5.69 Å². The number of hydrogen-bond donors (Lipinski definition) is 2. The Morgan fingerprint density at radius 3 is 2.65 bits per heavy atom. The minimum atomic E-state index is 0.763. The summed E-state index contributed by atoms with van der Waals surface area (Å²) in [6.07, 6.45) is 3.59. The van der Waals surface area contributed by atoms with Crippen molar-refractivity contribution < 1.29 is 0 Å². The number of aliphatic imine (C=N–C) groups is 1. The van der Waals surface area contributed by atoms with Crippen molar-refractivity contribution in [3.05, 3.63) is 17.5 Å². The summed E-state index contributed by atoms with van der Waals surface area (Å²) in [7, 11) is 4.04. The van der Waals surface area contributed by atoms with Crippen LogP contribution in [0, 0.1) is 19.8 Å². The van der Waals surface area contributed by atoms with Crippen LogP contribution in [0.2, 0.25) is 0 Å². The van der Waals surface area contributed by atoms with Crippen LogP contribution in [0.1, 0.15) is 30.7 Å². The van der Waals surface area contributed by atoms with Gasteiger partial charge in [0.25, 0.3) is 0 Å². The highest BCUT2D eigenvalue weighted by Crippen LogP contribution is 2.14. The van der Waals surface area contributed by atoms with Gasteiger partial charge in [0.15, 0.2) is 5.96 Å². The van der Waals surface area contributed by atoms with Gasteiger partial charge in [-0.05, 0) is 65.2 Å². The van der Waals surface area contributed by atoms with Crippen LogP contribution < -0.4 is 10.6 Å². The van der Waals surface area contributed by atoms with Crippen LogP contribution in [-0.2, 0) is 6.54 Å². The number of nitrogens with one attached hydrogen (secondary N) is 2. The van der Waals surface area contributed by atoms with Crippen LogP contribution in [0.25, 0.3) is 0 Å². The average molecular weight is 320 g/mol. The van der Waals surface area contributed by atoms with Crippen LogP contribution in [-0.4, -0.2) is 60.9 Å². The largest absolute Gasteiger partial charge is 0.356 e. The van der Waals surface area contributed by atoms with Crippen LogP contribution in [0.3, 0.4) is 0 Å². The first-order chi connectivity index (χ1) is 11.1. The highest BCUT2D eigenvalue weighted by atomic mass is 15.3. The maximum Gasteiger partial charge on any atom is 0.190 e. The molecule has 2 heterocycles. The number of aryl methyl sites for hydroxylation is 3. The summed E-state index contributed by atoms with van der Waals surface area (Å²) in [5.41, 5.74) is 2.32. The number of hydrogen-bond acceptors (Lipinski definition) is 3. The summed E-state index contributed by atoms with van der Waals surface area (Å²) < 4.78 is 2.08. The van der Waals surface area contributed by atoms with Crippen molar-refractivity contribution in [2.45, 2.75) is 39.7 Å². The van der Waals surface area contributed by atoms with E-state index < -0.39 is 0 Å². The van der Waals surface area contributed by atoms with Crippen molar-refractivity contribution >= 4 is 5.96 Å². The maximum absolute atomic E-state index is 4.49. The van der Waals surface area contributed by atoms with Crippen molar-refractivity contribution in [3.8, 4) is 0 Å². The molecule has 6 nitrogen and oxygen atoms in total. The minimum Gasteiger partial charge on any atom is -0.356 e. The highest BCUT2D eigenvalue weighted by Gasteiger charge is 2.16. The van der Waals surface area contributed by atoms with E-state index >= 15 is 0 Å². The van der Waals surface area contributed by atoms with Crippen LogP contribution in [0.4, 0.5) is 0 Å². The minimum absolute atomic E-state index is 0.763. The Morgan fingerprint density at radius 1 is 1.30 bits per heavy atom. The van der Waals surface area contributed by atoms with Gasteiger partial charge in [-0.3, -0.25) is 9.67 Å². The van der Waals surface area contributed by atoms with E-state index in [1.807, 2.05) is 14.0 Å². The third-order valence-electron chi connectivity index (χ3n) is 4.56. The molecule has 0 bridgehead atoms. The van der Waals surface area contributed by atoms with E-state index in [-0.39, 0.29) is 0 Å². The zero-order valence-electron chi connectivity index (χ0n) is 15.1. The molecule has 1 saturated heterocycles. The third-order valence-corrected chi connectivity index (χ3v) is 4.56. The fraction of sp³-hybridized carbons (Fsp3) is 0.765. The molecule has 23 heavy (non-hydrogen) atoms. The van der Waals surface area contributed by atoms with E-state index in [9.17, 15) is 0 Å². The van der Waals surface area contributed by atoms with E-state index in [1.54, 1.807) is 0 Å². The second-order valence-electron chi connectivity index (χ2n) is 6.63. The predicted octanol–water partition coefficient (Wildman–Crippen LogP) is 1.40. The Hall–Kier alpha value is -1.56. The van der Waals surface area contributed by atoms with Gasteiger partial charge < -0.3 is 15.5 Å². The first-order valence-corrected chi connectivity index (χ1v) is 8.72. The molecule has 1 fully saturated rings. The van der Waals surface area contributed by atoms with E-state index in [0.717, 1.165) is 43.6 Å². The Bertz CT molecular complexity index is 499. The van der Waals surface area contributed by atoms with Gasteiger partial charge in [-0.15, -0.1) is 0 Å². The number of likely N-dealkylation sites (tertiary alicyclic amines) is 1. The Kier molecular flexibility index (Phi) is 6.89. The molecule has 2 N–H and O–H groups in total. The molecule has 0 aromatic carbocycles. The molecule has 1 aromatic heterocycles. The summed E-state index contributed by atoms with van der Waals surface area (Å²) in [5, 5.41) is 11.4. The van der Waals surface area contributed by atoms with Crippen molar-refractivity contribution in [1.82, 2.24) is 25.3 Å². The molecule has 0 atom stereocenters. The van der Waals surface area contributed by atoms with Gasteiger partial charge in [-0.1, -0.05) is 0 Å². The molecule has 0 aliphatic carbocycles. The van der Waals surface area contributed by atoms with E-state index in [2.05, 4.69) is 50.3 Å². The summed E-state index contributed by atoms with van der Waals surface area (Å²) in [4.78, 5) is 6.72. The molecule has 1 aliphatic rings. The fourth-order valence-corrected chi connectivity index (χ4v) is 3.06. The first-order valence-electron chi connectivity index (χ1n) is 8.72. The molecule has 0 amide bonds. The van der Waals surface area contributed by atoms with Crippen LogP contribution >= 0.6 is 0 Å². The van der Waals surface area contributed by atoms with Crippen LogP contribution in [0.5, 0.6) is 0 Å². The number of guanidine groups is 1. The van der Waals surface area contributed by atoms with Gasteiger partial charge in [0.2, 0.25) is 0 Å². The highest BCUT2D eigenvalue weighted by molar-refractivity contribution is 5.79. The summed E-state index contributed by atoms with van der Waals surface area (Å²) in [6.45, 7) is 9.43. The van der Waals surface area contributed by atoms with E-state index in [1.165, 1.54) is 31.6 Å². The molecule has 1 aromatic rings. The molecule has 0 unspecified atom stereocenters. The Balaban J connectivity index is 1.62. The lowest BCUT2D eigenvalue weighted by atomic mass is 9.97. The van der Waals surface area contributed by atoms with Crippen molar-refractivity contribution in [3.63, 3.8) is 0 Å². The molecular formula is C17H32N6. The topological polar surface area (TPSA) is 57.5 Å². The third kappa shape index (κ3) is 5.86. The van der Waals surface area contributed by atoms with E-state index in [0.29, 0.717) is 0 Å². The molecule has 6 heteroatoms. The summed E-state index contributed by atoms with van der Waals surface area (Å²) >= 11 is 0. The Labute approximate surface area is 140 Å². The Morgan fingerprint density at radius 2 is 2.04 bits per heavy atom. The van der Waals surface area contributed by atoms with Crippen molar-refractivity contribution in [2.24, 2.45) is 10.9 Å². The number of nitrogens with zero attached hydrogens (tertiary/aromatic N) is 4. The van der Waals surface area contributed by atoms with Crippen molar-refractivity contribution in [2.75, 3.05) is 40.3 Å². The zero-order valence-corrected chi connectivity index (χ0v) is 15.1. The van der Waals surface area contributed by atoms with E-state index in [4.69, 9.17) is 0 Å². The second kappa shape index (κ2) is 8.91. The molecule has 0 spiro atoms. The zero-order chi connectivity index (χ0) is 16.7. The smallest absolute Gasteiger partial charge is 0.190 e. The lowest BCUT2D eigenvalue weighted by molar-refractivity contribution is 0.220. The molecule has 2 rings (SSSR count). The lowest BCUT2D eigenvalue weighted by Gasteiger charge is -2.29. The molecule has 1 aliphatic heterocycles. The van der Waals surface area contributed by atoms with Crippen molar-refractivity contribution in [1.29, 1.82) is 0 Å². The quantitative estimate of drug-likeness (QED) is 0.472. The molecular weight excluding hydrogens is 288 g/mol. The summed E-state index contributed by atoms with van der Waals surface area (Å²) in [6, 6.07) is 2.12. The average Bonchev–Trinajstić information content (AvgIpc) is 2.86. The number of piperidine rings is 1. The van der Waals surface area contributed by atoms with Gasteiger partial charge in [0.1, 0.15) is 0 Å². The number of rotatable bonds is 6. The molecule has 130 valence electrons. The summed E-state index contributed by atoms with van der Waals surface area (Å²) in [5.74, 6) is 1.68. The first kappa shape index (κ1) is 17.8.